The topological polar surface area (TPSA) is 24.5 Å². The van der Waals surface area contributed by atoms with Crippen molar-refractivity contribution in [3.8, 4) is 0 Å². The highest BCUT2D eigenvalue weighted by Crippen LogP contribution is 2.52. The minimum Gasteiger partial charge on any atom is -0.370 e. The summed E-state index contributed by atoms with van der Waals surface area (Å²) >= 11 is 0. The molecule has 0 unspecified atom stereocenters. The van der Waals surface area contributed by atoms with E-state index >= 15 is 0 Å². The van der Waals surface area contributed by atoms with Crippen molar-refractivity contribution in [2.75, 3.05) is 33.7 Å². The summed E-state index contributed by atoms with van der Waals surface area (Å²) in [5.41, 5.74) is 0.241. The number of hydrogen-bond donors (Lipinski definition) is 1. The number of halogens is 2. The standard InChI is InChI=1S/C11H20N2O.2ClH/c1-13(2)6-8-9-5-12-7-11(9)4-3-10(8)14-11;;/h8-10,12H,3-7H2,1-2H3;2*1H/t8-,9+,10+,11+;;/m0../s1. The monoisotopic (exact) mass is 268 g/mol. The van der Waals surface area contributed by atoms with E-state index in [2.05, 4.69) is 24.3 Å². The molecule has 16 heavy (non-hydrogen) atoms. The van der Waals surface area contributed by atoms with Crippen LogP contribution in [0.4, 0.5) is 0 Å². The lowest BCUT2D eigenvalue weighted by Gasteiger charge is -2.31. The summed E-state index contributed by atoms with van der Waals surface area (Å²) in [6.07, 6.45) is 3.14. The predicted octanol–water partition coefficient (Wildman–Crippen LogP) is 1.16. The van der Waals surface area contributed by atoms with Crippen molar-refractivity contribution in [2.45, 2.75) is 24.5 Å². The third-order valence-electron chi connectivity index (χ3n) is 4.27. The van der Waals surface area contributed by atoms with Gasteiger partial charge < -0.3 is 15.0 Å². The first-order valence-corrected chi connectivity index (χ1v) is 5.74. The largest absolute Gasteiger partial charge is 0.370 e. The number of rotatable bonds is 2. The Morgan fingerprint density at radius 2 is 2.12 bits per heavy atom. The molecule has 3 saturated heterocycles. The Balaban J connectivity index is 0.000000640. The second kappa shape index (κ2) is 4.99. The van der Waals surface area contributed by atoms with Crippen LogP contribution in [0, 0.1) is 11.8 Å². The fourth-order valence-corrected chi connectivity index (χ4v) is 3.73. The van der Waals surface area contributed by atoms with Crippen LogP contribution in [0.15, 0.2) is 0 Å². The van der Waals surface area contributed by atoms with Crippen LogP contribution in [-0.2, 0) is 4.74 Å². The summed E-state index contributed by atoms with van der Waals surface area (Å²) in [6.45, 7) is 3.46. The molecule has 96 valence electrons. The van der Waals surface area contributed by atoms with E-state index in [0.29, 0.717) is 6.10 Å². The lowest BCUT2D eigenvalue weighted by molar-refractivity contribution is 0.0120. The van der Waals surface area contributed by atoms with Crippen molar-refractivity contribution in [2.24, 2.45) is 11.8 Å². The lowest BCUT2D eigenvalue weighted by atomic mass is 9.73. The first-order valence-electron chi connectivity index (χ1n) is 5.74. The van der Waals surface area contributed by atoms with Gasteiger partial charge in [0.05, 0.1) is 11.7 Å². The maximum Gasteiger partial charge on any atom is 0.0855 e. The maximum atomic E-state index is 6.21. The quantitative estimate of drug-likeness (QED) is 0.814. The van der Waals surface area contributed by atoms with Crippen LogP contribution in [0.3, 0.4) is 0 Å². The molecule has 0 aromatic carbocycles. The van der Waals surface area contributed by atoms with E-state index in [1.807, 2.05) is 0 Å². The van der Waals surface area contributed by atoms with Gasteiger partial charge in [-0.1, -0.05) is 0 Å². The second-order valence-electron chi connectivity index (χ2n) is 5.42. The molecular formula is C11H22Cl2N2O. The molecule has 1 spiro atoms. The molecule has 2 bridgehead atoms. The Bertz CT molecular complexity index is 248. The molecule has 0 aromatic rings. The molecule has 3 fully saturated rings. The average Bonchev–Trinajstić information content (AvgIpc) is 2.74. The number of nitrogens with zero attached hydrogens (tertiary/aromatic N) is 1. The molecular weight excluding hydrogens is 247 g/mol. The summed E-state index contributed by atoms with van der Waals surface area (Å²) < 4.78 is 6.21. The predicted molar refractivity (Wildman–Crippen MR) is 69.7 cm³/mol. The Hall–Kier alpha value is 0.460. The molecule has 0 aromatic heterocycles. The van der Waals surface area contributed by atoms with Gasteiger partial charge in [0.15, 0.2) is 0 Å². The van der Waals surface area contributed by atoms with E-state index in [0.717, 1.165) is 18.4 Å². The van der Waals surface area contributed by atoms with Gasteiger partial charge in [-0.25, -0.2) is 0 Å². The zero-order valence-electron chi connectivity index (χ0n) is 9.94. The van der Waals surface area contributed by atoms with Crippen LogP contribution in [0.2, 0.25) is 0 Å². The summed E-state index contributed by atoms with van der Waals surface area (Å²) in [7, 11) is 4.34. The van der Waals surface area contributed by atoms with Gasteiger partial charge in [0.1, 0.15) is 0 Å². The van der Waals surface area contributed by atoms with Crippen LogP contribution < -0.4 is 5.32 Å². The molecule has 5 heteroatoms. The number of hydrogen-bond acceptors (Lipinski definition) is 3. The van der Waals surface area contributed by atoms with Crippen molar-refractivity contribution in [1.82, 2.24) is 10.2 Å². The average molecular weight is 269 g/mol. The molecule has 0 radical (unpaired) electrons. The summed E-state index contributed by atoms with van der Waals surface area (Å²) in [4.78, 5) is 2.31. The van der Waals surface area contributed by atoms with Gasteiger partial charge in [-0.05, 0) is 26.9 Å². The van der Waals surface area contributed by atoms with Crippen LogP contribution >= 0.6 is 24.8 Å². The van der Waals surface area contributed by atoms with E-state index in [-0.39, 0.29) is 30.4 Å². The number of fused-ring (bicyclic) bond motifs is 1. The van der Waals surface area contributed by atoms with Crippen LogP contribution in [0.5, 0.6) is 0 Å². The smallest absolute Gasteiger partial charge is 0.0855 e. The molecule has 1 N–H and O–H groups in total. The maximum absolute atomic E-state index is 6.21. The van der Waals surface area contributed by atoms with E-state index in [4.69, 9.17) is 4.74 Å². The molecule has 3 aliphatic heterocycles. The Morgan fingerprint density at radius 3 is 2.81 bits per heavy atom. The van der Waals surface area contributed by atoms with Crippen molar-refractivity contribution < 1.29 is 4.74 Å². The lowest BCUT2D eigenvalue weighted by Crippen LogP contribution is -2.40. The fourth-order valence-electron chi connectivity index (χ4n) is 3.73. The van der Waals surface area contributed by atoms with Crippen molar-refractivity contribution >= 4 is 24.8 Å². The third-order valence-corrected chi connectivity index (χ3v) is 4.27. The van der Waals surface area contributed by atoms with E-state index in [9.17, 15) is 0 Å². The van der Waals surface area contributed by atoms with E-state index in [1.165, 1.54) is 25.9 Å². The number of ether oxygens (including phenoxy) is 1. The fraction of sp³-hybridized carbons (Fsp3) is 1.00. The summed E-state index contributed by atoms with van der Waals surface area (Å²) in [5.74, 6) is 1.55. The van der Waals surface area contributed by atoms with Gasteiger partial charge in [0.25, 0.3) is 0 Å². The van der Waals surface area contributed by atoms with Crippen molar-refractivity contribution in [1.29, 1.82) is 0 Å². The second-order valence-corrected chi connectivity index (χ2v) is 5.42. The van der Waals surface area contributed by atoms with E-state index in [1.54, 1.807) is 0 Å². The SMILES string of the molecule is CN(C)C[C@H]1[C@H]2CNC[C@]23CC[C@H]1O3.Cl.Cl. The Labute approximate surface area is 110 Å². The third kappa shape index (κ3) is 1.97. The molecule has 0 amide bonds. The van der Waals surface area contributed by atoms with Crippen LogP contribution in [0.1, 0.15) is 12.8 Å². The van der Waals surface area contributed by atoms with Gasteiger partial charge >= 0.3 is 0 Å². The zero-order valence-corrected chi connectivity index (χ0v) is 11.6. The first kappa shape index (κ1) is 14.5. The van der Waals surface area contributed by atoms with Crippen LogP contribution in [-0.4, -0.2) is 50.3 Å². The first-order chi connectivity index (χ1) is 6.71. The highest BCUT2D eigenvalue weighted by atomic mass is 35.5. The van der Waals surface area contributed by atoms with Gasteiger partial charge in [0, 0.05) is 31.5 Å². The minimum atomic E-state index is 0. The van der Waals surface area contributed by atoms with Crippen molar-refractivity contribution in [3.05, 3.63) is 0 Å². The summed E-state index contributed by atoms with van der Waals surface area (Å²) in [6, 6.07) is 0. The van der Waals surface area contributed by atoms with Gasteiger partial charge in [0.2, 0.25) is 0 Å². The molecule has 3 heterocycles. The van der Waals surface area contributed by atoms with E-state index < -0.39 is 0 Å². The van der Waals surface area contributed by atoms with Gasteiger partial charge in [-0.2, -0.15) is 0 Å². The van der Waals surface area contributed by atoms with Gasteiger partial charge in [-0.3, -0.25) is 0 Å². The highest BCUT2D eigenvalue weighted by molar-refractivity contribution is 5.85. The van der Waals surface area contributed by atoms with Crippen LogP contribution in [0.25, 0.3) is 0 Å². The molecule has 4 atom stereocenters. The van der Waals surface area contributed by atoms with Crippen molar-refractivity contribution in [3.63, 3.8) is 0 Å². The Kier molecular flexibility index (Phi) is 4.53. The molecule has 3 rings (SSSR count). The normalized spacial score (nSPS) is 44.1. The Morgan fingerprint density at radius 1 is 1.38 bits per heavy atom. The minimum absolute atomic E-state index is 0. The summed E-state index contributed by atoms with van der Waals surface area (Å²) in [5, 5.41) is 3.50. The molecule has 0 saturated carbocycles. The number of nitrogens with one attached hydrogen (secondary N) is 1. The zero-order chi connectivity index (χ0) is 9.76. The highest BCUT2D eigenvalue weighted by Gasteiger charge is 2.60. The molecule has 3 aliphatic rings. The molecule has 3 nitrogen and oxygen atoms in total. The molecule has 0 aliphatic carbocycles. The van der Waals surface area contributed by atoms with Gasteiger partial charge in [-0.15, -0.1) is 24.8 Å².